The molecular weight excluding hydrogens is 270 g/mol. The number of amides is 1. The molecule has 1 amide bonds. The van der Waals surface area contributed by atoms with Gasteiger partial charge in [0, 0.05) is 13.1 Å². The van der Waals surface area contributed by atoms with Gasteiger partial charge in [0.25, 0.3) is 5.91 Å². The maximum atomic E-state index is 12.2. The van der Waals surface area contributed by atoms with Crippen LogP contribution in [-0.4, -0.2) is 41.6 Å². The number of nitrogens with zero attached hydrogens (tertiary/aromatic N) is 1. The van der Waals surface area contributed by atoms with Gasteiger partial charge in [-0.05, 0) is 37.8 Å². The highest BCUT2D eigenvalue weighted by atomic mass is 16.5. The number of carbonyl (C=O) groups is 2. The van der Waals surface area contributed by atoms with Crippen molar-refractivity contribution in [3.63, 3.8) is 0 Å². The summed E-state index contributed by atoms with van der Waals surface area (Å²) in [7, 11) is 0. The van der Waals surface area contributed by atoms with Gasteiger partial charge in [-0.2, -0.15) is 0 Å². The Morgan fingerprint density at radius 1 is 1.33 bits per heavy atom. The summed E-state index contributed by atoms with van der Waals surface area (Å²) in [5.74, 6) is -0.702. The Morgan fingerprint density at radius 2 is 2.00 bits per heavy atom. The molecule has 21 heavy (non-hydrogen) atoms. The Bertz CT molecular complexity index is 521. The first-order chi connectivity index (χ1) is 9.99. The molecule has 0 aromatic heterocycles. The summed E-state index contributed by atoms with van der Waals surface area (Å²) in [6, 6.07) is 5.82. The Hall–Kier alpha value is -2.04. The van der Waals surface area contributed by atoms with Crippen LogP contribution in [0.2, 0.25) is 0 Å². The third-order valence-corrected chi connectivity index (χ3v) is 3.87. The maximum Gasteiger partial charge on any atom is 0.308 e. The van der Waals surface area contributed by atoms with Gasteiger partial charge in [0.05, 0.1) is 5.92 Å². The van der Waals surface area contributed by atoms with E-state index in [2.05, 4.69) is 0 Å². The van der Waals surface area contributed by atoms with E-state index in [-0.39, 0.29) is 19.1 Å². The number of hydrogen-bond donors (Lipinski definition) is 1. The summed E-state index contributed by atoms with van der Waals surface area (Å²) in [6.07, 6.45) is 1.36. The molecule has 1 aliphatic rings. The van der Waals surface area contributed by atoms with E-state index in [1.54, 1.807) is 4.90 Å². The fourth-order valence-electron chi connectivity index (χ4n) is 2.66. The zero-order valence-electron chi connectivity index (χ0n) is 12.5. The van der Waals surface area contributed by atoms with Gasteiger partial charge in [-0.1, -0.05) is 18.2 Å². The first kappa shape index (κ1) is 15.4. The molecule has 1 aromatic rings. The second-order valence-electron chi connectivity index (χ2n) is 5.53. The van der Waals surface area contributed by atoms with Crippen LogP contribution in [0.25, 0.3) is 0 Å². The highest BCUT2D eigenvalue weighted by Gasteiger charge is 2.28. The van der Waals surface area contributed by atoms with Crippen LogP contribution in [0.1, 0.15) is 24.0 Å². The molecule has 1 heterocycles. The Morgan fingerprint density at radius 3 is 2.62 bits per heavy atom. The Balaban J connectivity index is 1.94. The molecule has 1 fully saturated rings. The van der Waals surface area contributed by atoms with Crippen LogP contribution in [0, 0.1) is 19.8 Å². The zero-order valence-corrected chi connectivity index (χ0v) is 12.5. The van der Waals surface area contributed by atoms with Gasteiger partial charge in [0.1, 0.15) is 5.75 Å². The normalized spacial score (nSPS) is 18.4. The van der Waals surface area contributed by atoms with E-state index >= 15 is 0 Å². The third-order valence-electron chi connectivity index (χ3n) is 3.87. The van der Waals surface area contributed by atoms with Gasteiger partial charge >= 0.3 is 5.97 Å². The number of hydrogen-bond acceptors (Lipinski definition) is 3. The molecule has 0 aliphatic carbocycles. The van der Waals surface area contributed by atoms with Gasteiger partial charge in [-0.25, -0.2) is 0 Å². The number of rotatable bonds is 4. The summed E-state index contributed by atoms with van der Waals surface area (Å²) >= 11 is 0. The topological polar surface area (TPSA) is 66.8 Å². The SMILES string of the molecule is Cc1cccc(C)c1OCC(=O)N1CCC[C@@H](C(=O)O)C1. The van der Waals surface area contributed by atoms with Crippen molar-refractivity contribution in [1.29, 1.82) is 0 Å². The lowest BCUT2D eigenvalue weighted by Gasteiger charge is -2.30. The minimum Gasteiger partial charge on any atom is -0.483 e. The van der Waals surface area contributed by atoms with E-state index in [0.717, 1.165) is 23.3 Å². The summed E-state index contributed by atoms with van der Waals surface area (Å²) in [6.45, 7) is 4.73. The van der Waals surface area contributed by atoms with Crippen molar-refractivity contribution in [1.82, 2.24) is 4.90 Å². The van der Waals surface area contributed by atoms with Gasteiger partial charge < -0.3 is 14.7 Å². The van der Waals surface area contributed by atoms with E-state index in [9.17, 15) is 9.59 Å². The molecule has 0 saturated carbocycles. The third kappa shape index (κ3) is 3.74. The molecule has 114 valence electrons. The van der Waals surface area contributed by atoms with Crippen molar-refractivity contribution in [2.75, 3.05) is 19.7 Å². The van der Waals surface area contributed by atoms with Crippen LogP contribution in [0.5, 0.6) is 5.75 Å². The van der Waals surface area contributed by atoms with Crippen LogP contribution < -0.4 is 4.74 Å². The molecule has 0 unspecified atom stereocenters. The van der Waals surface area contributed by atoms with Crippen molar-refractivity contribution in [2.45, 2.75) is 26.7 Å². The average molecular weight is 291 g/mol. The first-order valence-electron chi connectivity index (χ1n) is 7.18. The van der Waals surface area contributed by atoms with Crippen molar-refractivity contribution in [3.8, 4) is 5.75 Å². The lowest BCUT2D eigenvalue weighted by atomic mass is 9.98. The first-order valence-corrected chi connectivity index (χ1v) is 7.18. The second kappa shape index (κ2) is 6.61. The number of carboxylic acids is 1. The van der Waals surface area contributed by atoms with Crippen molar-refractivity contribution >= 4 is 11.9 Å². The molecule has 1 saturated heterocycles. The Kier molecular flexibility index (Phi) is 4.83. The minimum absolute atomic E-state index is 0.0436. The Labute approximate surface area is 124 Å². The number of carboxylic acid groups (broad SMARTS) is 1. The predicted octanol–water partition coefficient (Wildman–Crippen LogP) is 2.01. The lowest BCUT2D eigenvalue weighted by molar-refractivity contribution is -0.146. The molecule has 1 aromatic carbocycles. The van der Waals surface area contributed by atoms with E-state index in [0.29, 0.717) is 13.0 Å². The van der Waals surface area contributed by atoms with Crippen molar-refractivity contribution in [3.05, 3.63) is 29.3 Å². The van der Waals surface area contributed by atoms with Gasteiger partial charge in [-0.3, -0.25) is 9.59 Å². The fraction of sp³-hybridized carbons (Fsp3) is 0.500. The lowest BCUT2D eigenvalue weighted by Crippen LogP contribution is -2.44. The number of aryl methyl sites for hydroxylation is 2. The van der Waals surface area contributed by atoms with Gasteiger partial charge in [-0.15, -0.1) is 0 Å². The number of para-hydroxylation sites is 1. The van der Waals surface area contributed by atoms with Gasteiger partial charge in [0.2, 0.25) is 0 Å². The summed E-state index contributed by atoms with van der Waals surface area (Å²) in [5, 5.41) is 9.05. The summed E-state index contributed by atoms with van der Waals surface area (Å²) < 4.78 is 5.64. The van der Waals surface area contributed by atoms with Crippen molar-refractivity contribution in [2.24, 2.45) is 5.92 Å². The van der Waals surface area contributed by atoms with E-state index < -0.39 is 11.9 Å². The monoisotopic (exact) mass is 291 g/mol. The molecule has 0 spiro atoms. The quantitative estimate of drug-likeness (QED) is 0.921. The fourth-order valence-corrected chi connectivity index (χ4v) is 2.66. The molecule has 1 aliphatic heterocycles. The van der Waals surface area contributed by atoms with E-state index in [1.165, 1.54) is 0 Å². The highest BCUT2D eigenvalue weighted by Crippen LogP contribution is 2.23. The van der Waals surface area contributed by atoms with Gasteiger partial charge in [0.15, 0.2) is 6.61 Å². The standard InChI is InChI=1S/C16H21NO4/c1-11-5-3-6-12(2)15(11)21-10-14(18)17-8-4-7-13(9-17)16(19)20/h3,5-6,13H,4,7-10H2,1-2H3,(H,19,20)/t13-/m1/s1. The predicted molar refractivity (Wildman–Crippen MR) is 78.4 cm³/mol. The molecule has 5 nitrogen and oxygen atoms in total. The van der Waals surface area contributed by atoms with E-state index in [1.807, 2.05) is 32.0 Å². The average Bonchev–Trinajstić information content (AvgIpc) is 2.46. The number of piperidine rings is 1. The number of carbonyl (C=O) groups excluding carboxylic acids is 1. The van der Waals surface area contributed by atoms with E-state index in [4.69, 9.17) is 9.84 Å². The number of aliphatic carboxylic acids is 1. The van der Waals surface area contributed by atoms with Crippen LogP contribution in [0.15, 0.2) is 18.2 Å². The molecule has 0 bridgehead atoms. The number of likely N-dealkylation sites (tertiary alicyclic amines) is 1. The largest absolute Gasteiger partial charge is 0.483 e. The summed E-state index contributed by atoms with van der Waals surface area (Å²) in [5.41, 5.74) is 1.98. The molecule has 1 N–H and O–H groups in total. The maximum absolute atomic E-state index is 12.2. The van der Waals surface area contributed by atoms with Crippen LogP contribution >= 0.6 is 0 Å². The van der Waals surface area contributed by atoms with Crippen LogP contribution in [0.3, 0.4) is 0 Å². The smallest absolute Gasteiger partial charge is 0.308 e. The second-order valence-corrected chi connectivity index (χ2v) is 5.53. The molecule has 1 atom stereocenters. The van der Waals surface area contributed by atoms with Crippen molar-refractivity contribution < 1.29 is 19.4 Å². The highest BCUT2D eigenvalue weighted by molar-refractivity contribution is 5.79. The molecular formula is C16H21NO4. The molecule has 2 rings (SSSR count). The van der Waals surface area contributed by atoms with Crippen LogP contribution in [0.4, 0.5) is 0 Å². The van der Waals surface area contributed by atoms with Crippen LogP contribution in [-0.2, 0) is 9.59 Å². The number of ether oxygens (including phenoxy) is 1. The molecule has 0 radical (unpaired) electrons. The minimum atomic E-state index is -0.830. The summed E-state index contributed by atoms with van der Waals surface area (Å²) in [4.78, 5) is 24.8. The number of benzene rings is 1. The molecule has 5 heteroatoms. The zero-order chi connectivity index (χ0) is 15.4.